The first-order valence-corrected chi connectivity index (χ1v) is 11.3. The number of urea groups is 1. The Kier molecular flexibility index (Phi) is 7.37. The molecule has 35 heavy (non-hydrogen) atoms. The number of hydrogen-bond acceptors (Lipinski definition) is 6. The first-order chi connectivity index (χ1) is 16.7. The number of anilines is 1. The van der Waals surface area contributed by atoms with Gasteiger partial charge in [0.05, 0.1) is 6.54 Å². The number of aromatic nitrogens is 2. The van der Waals surface area contributed by atoms with Crippen LogP contribution in [0.15, 0.2) is 59.0 Å². The third kappa shape index (κ3) is 5.98. The fourth-order valence-corrected chi connectivity index (χ4v) is 3.94. The van der Waals surface area contributed by atoms with E-state index in [1.54, 1.807) is 41.0 Å². The van der Waals surface area contributed by atoms with Crippen LogP contribution < -0.4 is 4.90 Å². The summed E-state index contributed by atoms with van der Waals surface area (Å²) in [7, 11) is 0. The zero-order chi connectivity index (χ0) is 25.0. The van der Waals surface area contributed by atoms with Gasteiger partial charge in [0.1, 0.15) is 6.23 Å². The second-order valence-corrected chi connectivity index (χ2v) is 8.32. The van der Waals surface area contributed by atoms with Crippen LogP contribution in [0.3, 0.4) is 0 Å². The van der Waals surface area contributed by atoms with Crippen LogP contribution in [-0.2, 0) is 12.7 Å². The number of aliphatic hydroxyl groups excluding tert-OH is 1. The van der Waals surface area contributed by atoms with E-state index in [4.69, 9.17) is 4.42 Å². The topological polar surface area (TPSA) is 85.9 Å². The van der Waals surface area contributed by atoms with E-state index >= 15 is 0 Å². The molecule has 1 atom stereocenters. The van der Waals surface area contributed by atoms with Gasteiger partial charge in [-0.1, -0.05) is 30.3 Å². The molecule has 8 nitrogen and oxygen atoms in total. The van der Waals surface area contributed by atoms with E-state index < -0.39 is 18.3 Å². The van der Waals surface area contributed by atoms with Crippen molar-refractivity contribution in [3.8, 4) is 11.5 Å². The summed E-state index contributed by atoms with van der Waals surface area (Å²) >= 11 is 0. The number of benzene rings is 2. The lowest BCUT2D eigenvalue weighted by Gasteiger charge is -2.30. The summed E-state index contributed by atoms with van der Waals surface area (Å²) in [6, 6.07) is 15.7. The van der Waals surface area contributed by atoms with Gasteiger partial charge < -0.3 is 14.4 Å². The molecule has 1 saturated heterocycles. The minimum Gasteiger partial charge on any atom is -0.413 e. The maximum absolute atomic E-state index is 13.5. The lowest BCUT2D eigenvalue weighted by Crippen LogP contribution is -2.45. The maximum Gasteiger partial charge on any atom is 0.470 e. The number of halogens is 3. The molecule has 0 radical (unpaired) electrons. The van der Waals surface area contributed by atoms with Crippen LogP contribution in [0.1, 0.15) is 24.8 Å². The summed E-state index contributed by atoms with van der Waals surface area (Å²) in [4.78, 5) is 18.9. The summed E-state index contributed by atoms with van der Waals surface area (Å²) in [5.41, 5.74) is 1.85. The van der Waals surface area contributed by atoms with E-state index in [-0.39, 0.29) is 18.5 Å². The normalized spacial score (nSPS) is 16.1. The smallest absolute Gasteiger partial charge is 0.413 e. The average molecular weight is 489 g/mol. The van der Waals surface area contributed by atoms with Gasteiger partial charge in [-0.3, -0.25) is 9.80 Å². The van der Waals surface area contributed by atoms with Crippen molar-refractivity contribution in [3.05, 3.63) is 66.1 Å². The van der Waals surface area contributed by atoms with Crippen molar-refractivity contribution in [3.63, 3.8) is 0 Å². The Morgan fingerprint density at radius 1 is 1.06 bits per heavy atom. The van der Waals surface area contributed by atoms with Crippen LogP contribution in [0.5, 0.6) is 0 Å². The fraction of sp³-hybridized carbons (Fsp3) is 0.375. The third-order valence-electron chi connectivity index (χ3n) is 5.84. The molecular weight excluding hydrogens is 463 g/mol. The zero-order valence-electron chi connectivity index (χ0n) is 19.1. The van der Waals surface area contributed by atoms with E-state index in [9.17, 15) is 23.1 Å². The van der Waals surface area contributed by atoms with Crippen molar-refractivity contribution in [1.82, 2.24) is 20.0 Å². The molecule has 1 fully saturated rings. The number of amides is 2. The lowest BCUT2D eigenvalue weighted by molar-refractivity contribution is -0.156. The Morgan fingerprint density at radius 3 is 2.40 bits per heavy atom. The second-order valence-electron chi connectivity index (χ2n) is 8.32. The molecule has 2 amide bonds. The van der Waals surface area contributed by atoms with Crippen LogP contribution in [0.25, 0.3) is 11.5 Å². The number of alkyl halides is 3. The monoisotopic (exact) mass is 489 g/mol. The van der Waals surface area contributed by atoms with Crippen molar-refractivity contribution in [2.24, 2.45) is 0 Å². The van der Waals surface area contributed by atoms with Crippen molar-refractivity contribution < 1.29 is 27.5 Å². The van der Waals surface area contributed by atoms with E-state index in [2.05, 4.69) is 10.2 Å². The minimum absolute atomic E-state index is 0.153. The van der Waals surface area contributed by atoms with Crippen LogP contribution in [0.2, 0.25) is 0 Å². The molecular formula is C24H26F3N5O3. The first-order valence-electron chi connectivity index (χ1n) is 11.3. The standard InChI is InChI=1S/C24H26F3N5O3/c1-17(33)30-12-5-13-31(15-14-30)23(34)32(20-6-3-2-4-7-20)16-18-8-10-19(11-9-18)21-28-29-22(35-21)24(25,26)27/h2-4,6-11,17,33H,5,12-16H2,1H3. The van der Waals surface area contributed by atoms with Gasteiger partial charge in [0.25, 0.3) is 0 Å². The van der Waals surface area contributed by atoms with E-state index in [0.29, 0.717) is 31.7 Å². The lowest BCUT2D eigenvalue weighted by atomic mass is 10.1. The molecule has 2 heterocycles. The molecule has 1 N–H and O–H groups in total. The van der Waals surface area contributed by atoms with Gasteiger partial charge in [0.15, 0.2) is 0 Å². The fourth-order valence-electron chi connectivity index (χ4n) is 3.94. The van der Waals surface area contributed by atoms with E-state index in [0.717, 1.165) is 17.7 Å². The SMILES string of the molecule is CC(O)N1CCCN(C(=O)N(Cc2ccc(-c3nnc(C(F)(F)F)o3)cc2)c2ccccc2)CC1. The third-order valence-corrected chi connectivity index (χ3v) is 5.84. The number of carbonyl (C=O) groups excluding carboxylic acids is 1. The summed E-state index contributed by atoms with van der Waals surface area (Å²) in [6.45, 7) is 4.32. The predicted molar refractivity (Wildman–Crippen MR) is 122 cm³/mol. The molecule has 2 aromatic carbocycles. The molecule has 1 aromatic heterocycles. The van der Waals surface area contributed by atoms with Gasteiger partial charge in [-0.15, -0.1) is 10.2 Å². The molecule has 1 aliphatic heterocycles. The summed E-state index contributed by atoms with van der Waals surface area (Å²) in [5.74, 6) is -1.63. The summed E-state index contributed by atoms with van der Waals surface area (Å²) in [5, 5.41) is 16.4. The Balaban J connectivity index is 1.52. The van der Waals surface area contributed by atoms with Crippen molar-refractivity contribution in [2.45, 2.75) is 32.3 Å². The largest absolute Gasteiger partial charge is 0.470 e. The summed E-state index contributed by atoms with van der Waals surface area (Å²) < 4.78 is 43.0. The highest BCUT2D eigenvalue weighted by Crippen LogP contribution is 2.30. The number of hydrogen-bond donors (Lipinski definition) is 1. The molecule has 0 bridgehead atoms. The van der Waals surface area contributed by atoms with Crippen molar-refractivity contribution in [2.75, 3.05) is 31.1 Å². The number of aliphatic hydroxyl groups is 1. The van der Waals surface area contributed by atoms with Gasteiger partial charge in [0, 0.05) is 37.4 Å². The Morgan fingerprint density at radius 2 is 1.77 bits per heavy atom. The van der Waals surface area contributed by atoms with Crippen LogP contribution >= 0.6 is 0 Å². The van der Waals surface area contributed by atoms with Crippen molar-refractivity contribution in [1.29, 1.82) is 0 Å². The number of para-hydroxylation sites is 1. The van der Waals surface area contributed by atoms with Crippen molar-refractivity contribution >= 4 is 11.7 Å². The Labute approximate surface area is 200 Å². The molecule has 1 aliphatic rings. The highest BCUT2D eigenvalue weighted by atomic mass is 19.4. The van der Waals surface area contributed by atoms with Gasteiger partial charge >= 0.3 is 18.1 Å². The molecule has 4 rings (SSSR count). The zero-order valence-corrected chi connectivity index (χ0v) is 19.1. The molecule has 1 unspecified atom stereocenters. The molecule has 0 saturated carbocycles. The molecule has 186 valence electrons. The molecule has 0 spiro atoms. The first kappa shape index (κ1) is 24.7. The van der Waals surface area contributed by atoms with Gasteiger partial charge in [-0.2, -0.15) is 13.2 Å². The van der Waals surface area contributed by atoms with E-state index in [1.807, 2.05) is 35.2 Å². The van der Waals surface area contributed by atoms with E-state index in [1.165, 1.54) is 0 Å². The number of nitrogens with zero attached hydrogens (tertiary/aromatic N) is 5. The molecule has 0 aliphatic carbocycles. The van der Waals surface area contributed by atoms with Gasteiger partial charge in [-0.25, -0.2) is 4.79 Å². The summed E-state index contributed by atoms with van der Waals surface area (Å²) in [6.07, 6.45) is -4.53. The van der Waals surface area contributed by atoms with Crippen LogP contribution in [0.4, 0.5) is 23.7 Å². The highest BCUT2D eigenvalue weighted by molar-refractivity contribution is 5.92. The second kappa shape index (κ2) is 10.4. The minimum atomic E-state index is -4.71. The average Bonchev–Trinajstić information content (AvgIpc) is 3.22. The predicted octanol–water partition coefficient (Wildman–Crippen LogP) is 4.23. The Hall–Kier alpha value is -3.44. The number of carbonyl (C=O) groups is 1. The Bertz CT molecular complexity index is 1120. The van der Waals surface area contributed by atoms with Gasteiger partial charge in [-0.05, 0) is 43.2 Å². The van der Waals surface area contributed by atoms with Gasteiger partial charge in [0.2, 0.25) is 5.89 Å². The highest BCUT2D eigenvalue weighted by Gasteiger charge is 2.38. The van der Waals surface area contributed by atoms with Crippen LogP contribution in [-0.4, -0.2) is 63.5 Å². The molecule has 3 aromatic rings. The number of rotatable bonds is 5. The van der Waals surface area contributed by atoms with Crippen LogP contribution in [0, 0.1) is 0 Å². The quantitative estimate of drug-likeness (QED) is 0.578. The molecule has 11 heteroatoms. The maximum atomic E-state index is 13.5.